The molecule has 3 heterocycles. The topological polar surface area (TPSA) is 77.1 Å². The monoisotopic (exact) mass is 372 g/mol. The van der Waals surface area contributed by atoms with Gasteiger partial charge in [-0.15, -0.1) is 5.10 Å². The van der Waals surface area contributed by atoms with Crippen molar-refractivity contribution in [3.05, 3.63) is 42.4 Å². The first-order valence-corrected chi connectivity index (χ1v) is 9.48. The molecule has 0 aliphatic heterocycles. The van der Waals surface area contributed by atoms with Crippen molar-refractivity contribution >= 4 is 17.2 Å². The number of hydrogen-bond acceptors (Lipinski definition) is 4. The van der Waals surface area contributed by atoms with Crippen molar-refractivity contribution < 1.29 is 9.18 Å². The molecule has 27 heavy (non-hydrogen) atoms. The molecule has 1 saturated carbocycles. The molecule has 1 aliphatic carbocycles. The van der Waals surface area contributed by atoms with Gasteiger partial charge in [0.2, 0.25) is 0 Å². The number of rotatable bonds is 3. The van der Waals surface area contributed by atoms with Crippen molar-refractivity contribution in [3.8, 4) is 0 Å². The van der Waals surface area contributed by atoms with Crippen LogP contribution in [0.5, 0.6) is 0 Å². The van der Waals surface area contributed by atoms with Gasteiger partial charge in [-0.2, -0.15) is 9.49 Å². The number of nitrogens with zero attached hydrogens (tertiary/aromatic N) is 5. The van der Waals surface area contributed by atoms with Gasteiger partial charge in [0, 0.05) is 12.4 Å². The maximum atomic E-state index is 14.1. The molecule has 0 aromatic carbocycles. The summed E-state index contributed by atoms with van der Waals surface area (Å²) in [6, 6.07) is 1.92. The van der Waals surface area contributed by atoms with Crippen LogP contribution < -0.4 is 5.32 Å². The summed E-state index contributed by atoms with van der Waals surface area (Å²) >= 11 is 0. The summed E-state index contributed by atoms with van der Waals surface area (Å²) in [5.41, 5.74) is 0.802. The van der Waals surface area contributed by atoms with Gasteiger partial charge in [-0.3, -0.25) is 9.48 Å². The summed E-state index contributed by atoms with van der Waals surface area (Å²) in [5, 5.41) is 10.6. The molecule has 4 rings (SSSR count). The second-order valence-electron chi connectivity index (χ2n) is 6.71. The Bertz CT molecular complexity index is 897. The van der Waals surface area contributed by atoms with Crippen molar-refractivity contribution in [3.63, 3.8) is 0 Å². The van der Waals surface area contributed by atoms with Gasteiger partial charge in [0.1, 0.15) is 11.3 Å². The molecule has 0 bridgehead atoms. The van der Waals surface area contributed by atoms with Crippen molar-refractivity contribution in [2.24, 2.45) is 0 Å². The first-order valence-electron chi connectivity index (χ1n) is 9.48. The molecule has 3 aromatic heterocycles. The van der Waals surface area contributed by atoms with Crippen molar-refractivity contribution in [1.82, 2.24) is 24.4 Å². The Morgan fingerprint density at radius 1 is 1.30 bits per heavy atom. The van der Waals surface area contributed by atoms with E-state index < -0.39 is 11.9 Å². The lowest BCUT2D eigenvalue weighted by atomic mass is 9.96. The zero-order chi connectivity index (χ0) is 19.2. The Balaban J connectivity index is 0.000000659. The third-order valence-corrected chi connectivity index (χ3v) is 4.41. The normalized spacial score (nSPS) is 14.6. The molecular weight excluding hydrogens is 347 g/mol. The largest absolute Gasteiger partial charge is 0.317 e. The van der Waals surface area contributed by atoms with Gasteiger partial charge in [0.05, 0.1) is 18.4 Å². The van der Waals surface area contributed by atoms with Crippen molar-refractivity contribution in [2.45, 2.75) is 58.4 Å². The average molecular weight is 372 g/mol. The fraction of sp³-hybridized carbons (Fsp3) is 0.474. The summed E-state index contributed by atoms with van der Waals surface area (Å²) in [6.45, 7) is 4.25. The van der Waals surface area contributed by atoms with Crippen LogP contribution in [0.4, 0.5) is 10.1 Å². The molecule has 3 aromatic rings. The predicted octanol–water partition coefficient (Wildman–Crippen LogP) is 4.24. The Morgan fingerprint density at radius 3 is 2.78 bits per heavy atom. The number of nitrogens with one attached hydrogen (secondary N) is 1. The zero-order valence-corrected chi connectivity index (χ0v) is 15.7. The molecule has 8 heteroatoms. The number of hydrogen-bond donors (Lipinski definition) is 1. The molecule has 1 aliphatic rings. The molecule has 0 radical (unpaired) electrons. The Hall–Kier alpha value is -2.77. The molecular formula is C19H25FN6O. The van der Waals surface area contributed by atoms with Crippen molar-refractivity contribution in [2.75, 3.05) is 5.32 Å². The Kier molecular flexibility index (Phi) is 6.16. The highest BCUT2D eigenvalue weighted by molar-refractivity contribution is 6.08. The number of halogens is 1. The lowest BCUT2D eigenvalue weighted by Gasteiger charge is -2.21. The lowest BCUT2D eigenvalue weighted by Crippen LogP contribution is -2.13. The van der Waals surface area contributed by atoms with Crippen LogP contribution in [-0.2, 0) is 0 Å². The van der Waals surface area contributed by atoms with E-state index in [0.717, 1.165) is 25.7 Å². The molecule has 0 unspecified atom stereocenters. The van der Waals surface area contributed by atoms with E-state index >= 15 is 0 Å². The minimum Gasteiger partial charge on any atom is -0.317 e. The number of anilines is 1. The highest BCUT2D eigenvalue weighted by Crippen LogP contribution is 2.29. The van der Waals surface area contributed by atoms with Crippen LogP contribution in [0.15, 0.2) is 30.9 Å². The lowest BCUT2D eigenvalue weighted by molar-refractivity contribution is 0.102. The van der Waals surface area contributed by atoms with Gasteiger partial charge >= 0.3 is 0 Å². The van der Waals surface area contributed by atoms with E-state index in [-0.39, 0.29) is 11.7 Å². The number of fused-ring (bicyclic) bond motifs is 1. The number of aromatic nitrogens is 5. The standard InChI is InChI=1S/C16H17FN6O.C3H8/c17-14-13(10-23(21-14)11-5-2-1-3-6-11)20-16(24)12-9-19-22-8-4-7-18-15(12)22;1-3-2/h4,7-11H,1-3,5-6H2,(H,20,24);3H2,1-2H3. The van der Waals surface area contributed by atoms with Gasteiger partial charge in [-0.25, -0.2) is 9.50 Å². The smallest absolute Gasteiger partial charge is 0.261 e. The molecule has 144 valence electrons. The second kappa shape index (κ2) is 8.75. The van der Waals surface area contributed by atoms with E-state index in [1.807, 2.05) is 0 Å². The molecule has 1 fully saturated rings. The van der Waals surface area contributed by atoms with E-state index in [1.165, 1.54) is 23.6 Å². The molecule has 0 saturated heterocycles. The van der Waals surface area contributed by atoms with E-state index in [0.29, 0.717) is 11.2 Å². The fourth-order valence-corrected chi connectivity index (χ4v) is 3.16. The van der Waals surface area contributed by atoms with E-state index in [2.05, 4.69) is 34.3 Å². The summed E-state index contributed by atoms with van der Waals surface area (Å²) in [4.78, 5) is 16.5. The minimum absolute atomic E-state index is 0.0841. The summed E-state index contributed by atoms with van der Waals surface area (Å²) < 4.78 is 17.2. The molecule has 1 amide bonds. The first kappa shape index (κ1) is 19.0. The number of carbonyl (C=O) groups excluding carboxylic acids is 1. The Labute approximate surface area is 157 Å². The highest BCUT2D eigenvalue weighted by Gasteiger charge is 2.21. The molecule has 0 spiro atoms. The third-order valence-electron chi connectivity index (χ3n) is 4.41. The molecule has 0 atom stereocenters. The quantitative estimate of drug-likeness (QED) is 0.746. The highest BCUT2D eigenvalue weighted by atomic mass is 19.1. The van der Waals surface area contributed by atoms with Gasteiger partial charge in [0.15, 0.2) is 5.65 Å². The summed E-state index contributed by atoms with van der Waals surface area (Å²) in [7, 11) is 0. The van der Waals surface area contributed by atoms with Crippen LogP contribution in [0.1, 0.15) is 68.8 Å². The van der Waals surface area contributed by atoms with E-state index in [4.69, 9.17) is 0 Å². The van der Waals surface area contributed by atoms with E-state index in [1.54, 1.807) is 29.3 Å². The number of carbonyl (C=O) groups is 1. The summed E-state index contributed by atoms with van der Waals surface area (Å²) in [6.07, 6.45) is 13.0. The van der Waals surface area contributed by atoms with Crippen LogP contribution in [0, 0.1) is 5.95 Å². The van der Waals surface area contributed by atoms with Crippen molar-refractivity contribution in [1.29, 1.82) is 0 Å². The SMILES string of the molecule is CCC.O=C(Nc1cn(C2CCCCC2)nc1F)c1cnn2cccnc12. The van der Waals surface area contributed by atoms with Crippen LogP contribution in [-0.4, -0.2) is 30.3 Å². The third kappa shape index (κ3) is 4.32. The van der Waals surface area contributed by atoms with E-state index in [9.17, 15) is 9.18 Å². The maximum absolute atomic E-state index is 14.1. The maximum Gasteiger partial charge on any atom is 0.261 e. The Morgan fingerprint density at radius 2 is 2.04 bits per heavy atom. The van der Waals surface area contributed by atoms with Crippen LogP contribution >= 0.6 is 0 Å². The fourth-order valence-electron chi connectivity index (χ4n) is 3.16. The molecule has 1 N–H and O–H groups in total. The first-order chi connectivity index (χ1) is 13.1. The minimum atomic E-state index is -0.668. The summed E-state index contributed by atoms with van der Waals surface area (Å²) in [5.74, 6) is -1.12. The van der Waals surface area contributed by atoms with Gasteiger partial charge in [-0.05, 0) is 18.9 Å². The second-order valence-corrected chi connectivity index (χ2v) is 6.71. The van der Waals surface area contributed by atoms with Crippen LogP contribution in [0.2, 0.25) is 0 Å². The number of amides is 1. The van der Waals surface area contributed by atoms with Crippen LogP contribution in [0.25, 0.3) is 5.65 Å². The average Bonchev–Trinajstić information content (AvgIpc) is 3.27. The van der Waals surface area contributed by atoms with Gasteiger partial charge < -0.3 is 5.32 Å². The van der Waals surface area contributed by atoms with Gasteiger partial charge in [-0.1, -0.05) is 39.5 Å². The van der Waals surface area contributed by atoms with Crippen LogP contribution in [0.3, 0.4) is 0 Å². The molecule has 7 nitrogen and oxygen atoms in total. The van der Waals surface area contributed by atoms with Gasteiger partial charge in [0.25, 0.3) is 11.9 Å². The zero-order valence-electron chi connectivity index (χ0n) is 15.7. The predicted molar refractivity (Wildman–Crippen MR) is 101 cm³/mol.